The third-order valence-electron chi connectivity index (χ3n) is 10.6. The van der Waals surface area contributed by atoms with Crippen molar-refractivity contribution in [1.29, 1.82) is 0 Å². The fourth-order valence-corrected chi connectivity index (χ4v) is 8.00. The second kappa shape index (κ2) is 10.3. The summed E-state index contributed by atoms with van der Waals surface area (Å²) in [4.78, 5) is 40.8. The van der Waals surface area contributed by atoms with Gasteiger partial charge in [-0.1, -0.05) is 0 Å². The van der Waals surface area contributed by atoms with Crippen LogP contribution in [0.1, 0.15) is 86.1 Å². The van der Waals surface area contributed by atoms with Crippen molar-refractivity contribution in [2.24, 2.45) is 11.7 Å². The number of nitrogens with two attached hydrogens (primary N) is 1. The van der Waals surface area contributed by atoms with Crippen LogP contribution in [0.5, 0.6) is 5.88 Å². The Morgan fingerprint density at radius 2 is 1.95 bits per heavy atom. The summed E-state index contributed by atoms with van der Waals surface area (Å²) in [6.07, 6.45) is 7.91. The summed E-state index contributed by atoms with van der Waals surface area (Å²) in [5, 5.41) is 1.06. The normalized spacial score (nSPS) is 24.2. The minimum atomic E-state index is -0.0718. The van der Waals surface area contributed by atoms with Gasteiger partial charge in [-0.05, 0) is 89.0 Å². The molecule has 230 valence electrons. The maximum atomic E-state index is 13.8. The number of ether oxygens (including phenoxy) is 1. The highest BCUT2D eigenvalue weighted by Crippen LogP contribution is 2.40. The first kappa shape index (κ1) is 27.6. The van der Waals surface area contributed by atoms with Gasteiger partial charge in [0.15, 0.2) is 5.88 Å². The molecule has 4 aliphatic rings. The SMILES string of the molecule is COc1cc(C(=O)N2[C@H]3CC[C@@H]2[C@H](N)C3)cc2nc(-c3cc4ccc([C@@H](C)N5CCCCC5=O)nc4n3CC3CC3)c(C)n12. The monoisotopic (exact) mass is 595 g/mol. The lowest BCUT2D eigenvalue weighted by Crippen LogP contribution is -2.40. The van der Waals surface area contributed by atoms with Crippen LogP contribution in [-0.2, 0) is 11.3 Å². The Kier molecular flexibility index (Phi) is 6.48. The number of fused-ring (bicyclic) bond motifs is 4. The van der Waals surface area contributed by atoms with Crippen molar-refractivity contribution < 1.29 is 14.3 Å². The quantitative estimate of drug-likeness (QED) is 0.327. The average molecular weight is 596 g/mol. The largest absolute Gasteiger partial charge is 0.482 e. The Hall–Kier alpha value is -3.92. The lowest BCUT2D eigenvalue weighted by atomic mass is 9.97. The van der Waals surface area contributed by atoms with E-state index in [4.69, 9.17) is 20.4 Å². The van der Waals surface area contributed by atoms with Crippen LogP contribution in [-0.4, -0.2) is 72.3 Å². The van der Waals surface area contributed by atoms with Gasteiger partial charge in [-0.2, -0.15) is 0 Å². The van der Waals surface area contributed by atoms with Crippen molar-refractivity contribution in [3.8, 4) is 17.3 Å². The molecule has 8 rings (SSSR count). The lowest BCUT2D eigenvalue weighted by Gasteiger charge is -2.32. The predicted octanol–water partition coefficient (Wildman–Crippen LogP) is 4.86. The summed E-state index contributed by atoms with van der Waals surface area (Å²) in [7, 11) is 1.64. The highest BCUT2D eigenvalue weighted by molar-refractivity contribution is 5.97. The minimum absolute atomic E-state index is 0.00864. The average Bonchev–Trinajstić information content (AvgIpc) is 3.35. The fourth-order valence-electron chi connectivity index (χ4n) is 8.00. The van der Waals surface area contributed by atoms with Gasteiger partial charge >= 0.3 is 0 Å². The number of amides is 2. The molecule has 4 atom stereocenters. The van der Waals surface area contributed by atoms with Crippen molar-refractivity contribution in [2.75, 3.05) is 13.7 Å². The van der Waals surface area contributed by atoms with Crippen molar-refractivity contribution in [1.82, 2.24) is 28.7 Å². The number of piperidine rings is 1. The third-order valence-corrected chi connectivity index (χ3v) is 10.6. The molecule has 0 unspecified atom stereocenters. The zero-order valence-corrected chi connectivity index (χ0v) is 25.8. The molecule has 0 aromatic carbocycles. The molecule has 1 saturated carbocycles. The standard InChI is InChI=1S/C34H41N7O3/c1-19(38-13-5-4-6-30(38)42)26-11-9-22-14-28(39(33(22)36-26)18-21-7-8-21)32-20(2)40-29(37-32)15-23(16-31(40)44-3)34(43)41-24-10-12-27(41)25(35)17-24/h9,11,14-16,19,21,24-25,27H,4-8,10,12-13,17-18,35H2,1-3H3/t19-,24+,25-,27-/m1/s1. The van der Waals surface area contributed by atoms with Crippen LogP contribution in [0.15, 0.2) is 30.3 Å². The number of likely N-dealkylation sites (tertiary alicyclic amines) is 1. The zero-order valence-electron chi connectivity index (χ0n) is 25.8. The number of rotatable bonds is 7. The molecule has 2 N–H and O–H groups in total. The van der Waals surface area contributed by atoms with Crippen molar-refractivity contribution in [2.45, 2.75) is 95.9 Å². The fraction of sp³-hybridized carbons (Fsp3) is 0.529. The van der Waals surface area contributed by atoms with Crippen LogP contribution in [0.2, 0.25) is 0 Å². The van der Waals surface area contributed by atoms with Gasteiger partial charge in [0.1, 0.15) is 17.0 Å². The molecule has 7 heterocycles. The van der Waals surface area contributed by atoms with Crippen molar-refractivity contribution in [3.05, 3.63) is 47.3 Å². The number of hydrogen-bond acceptors (Lipinski definition) is 6. The Morgan fingerprint density at radius 3 is 2.66 bits per heavy atom. The van der Waals surface area contributed by atoms with E-state index in [1.54, 1.807) is 7.11 Å². The number of methoxy groups -OCH3 is 1. The molecule has 2 bridgehead atoms. The zero-order chi connectivity index (χ0) is 30.3. The maximum Gasteiger partial charge on any atom is 0.254 e. The summed E-state index contributed by atoms with van der Waals surface area (Å²) in [6, 6.07) is 10.4. The summed E-state index contributed by atoms with van der Waals surface area (Å²) in [5.74, 6) is 1.43. The summed E-state index contributed by atoms with van der Waals surface area (Å²) in [5.41, 5.74) is 12.3. The molecule has 3 aliphatic heterocycles. The van der Waals surface area contributed by atoms with Gasteiger partial charge in [-0.3, -0.25) is 14.0 Å². The number of pyridine rings is 2. The van der Waals surface area contributed by atoms with Crippen molar-refractivity contribution >= 4 is 28.5 Å². The van der Waals surface area contributed by atoms with Gasteiger partial charge in [0.05, 0.1) is 30.2 Å². The van der Waals surface area contributed by atoms with Gasteiger partial charge in [0.2, 0.25) is 5.91 Å². The molecule has 44 heavy (non-hydrogen) atoms. The van der Waals surface area contributed by atoms with Crippen LogP contribution in [0.25, 0.3) is 28.1 Å². The van der Waals surface area contributed by atoms with Crippen LogP contribution in [0.4, 0.5) is 0 Å². The second-order valence-electron chi connectivity index (χ2n) is 13.4. The van der Waals surface area contributed by atoms with E-state index in [0.717, 1.165) is 79.0 Å². The van der Waals surface area contributed by atoms with E-state index in [2.05, 4.69) is 36.6 Å². The number of aryl methyl sites for hydroxylation is 1. The highest BCUT2D eigenvalue weighted by atomic mass is 16.5. The van der Waals surface area contributed by atoms with E-state index in [0.29, 0.717) is 29.4 Å². The Balaban J connectivity index is 1.21. The van der Waals surface area contributed by atoms with Crippen LogP contribution < -0.4 is 10.5 Å². The van der Waals surface area contributed by atoms with Crippen LogP contribution >= 0.6 is 0 Å². The molecule has 4 fully saturated rings. The third kappa shape index (κ3) is 4.32. The minimum Gasteiger partial charge on any atom is -0.482 e. The first-order valence-electron chi connectivity index (χ1n) is 16.3. The predicted molar refractivity (Wildman–Crippen MR) is 167 cm³/mol. The lowest BCUT2D eigenvalue weighted by molar-refractivity contribution is -0.135. The molecule has 1 aliphatic carbocycles. The number of nitrogens with zero attached hydrogens (tertiary/aromatic N) is 6. The van der Waals surface area contributed by atoms with Gasteiger partial charge in [-0.15, -0.1) is 0 Å². The van der Waals surface area contributed by atoms with Gasteiger partial charge in [-0.25, -0.2) is 9.97 Å². The summed E-state index contributed by atoms with van der Waals surface area (Å²) in [6.45, 7) is 5.80. The molecule has 4 aromatic rings. The smallest absolute Gasteiger partial charge is 0.254 e. The van der Waals surface area contributed by atoms with Crippen molar-refractivity contribution in [3.63, 3.8) is 0 Å². The number of aromatic nitrogens is 4. The molecular weight excluding hydrogens is 554 g/mol. The number of hydrogen-bond donors (Lipinski definition) is 1. The maximum absolute atomic E-state index is 13.8. The molecule has 4 aromatic heterocycles. The number of carbonyl (C=O) groups is 2. The van der Waals surface area contributed by atoms with E-state index in [1.165, 1.54) is 12.8 Å². The van der Waals surface area contributed by atoms with Gasteiger partial charge in [0.25, 0.3) is 5.91 Å². The highest BCUT2D eigenvalue weighted by Gasteiger charge is 2.47. The Bertz CT molecular complexity index is 1800. The molecule has 0 spiro atoms. The first-order chi connectivity index (χ1) is 21.3. The van der Waals surface area contributed by atoms with Crippen LogP contribution in [0.3, 0.4) is 0 Å². The number of carbonyl (C=O) groups excluding carboxylic acids is 2. The van der Waals surface area contributed by atoms with E-state index >= 15 is 0 Å². The summed E-state index contributed by atoms with van der Waals surface area (Å²) >= 11 is 0. The van der Waals surface area contributed by atoms with E-state index < -0.39 is 0 Å². The molecule has 0 radical (unpaired) electrons. The van der Waals surface area contributed by atoms with E-state index in [-0.39, 0.29) is 36.0 Å². The van der Waals surface area contributed by atoms with E-state index in [1.807, 2.05) is 26.3 Å². The molecule has 3 saturated heterocycles. The number of imidazole rings is 1. The van der Waals surface area contributed by atoms with Gasteiger partial charge < -0.3 is 24.8 Å². The Labute approximate surface area is 257 Å². The van der Waals surface area contributed by atoms with Crippen LogP contribution in [0, 0.1) is 12.8 Å². The topological polar surface area (TPSA) is 111 Å². The Morgan fingerprint density at radius 1 is 1.11 bits per heavy atom. The first-order valence-corrected chi connectivity index (χ1v) is 16.3. The molecule has 10 nitrogen and oxygen atoms in total. The second-order valence-corrected chi connectivity index (χ2v) is 13.4. The molecule has 2 amide bonds. The van der Waals surface area contributed by atoms with E-state index in [9.17, 15) is 9.59 Å². The molecular formula is C34H41N7O3. The molecule has 10 heteroatoms. The summed E-state index contributed by atoms with van der Waals surface area (Å²) < 4.78 is 10.2. The van der Waals surface area contributed by atoms with Gasteiger partial charge in [0, 0.05) is 54.7 Å².